The van der Waals surface area contributed by atoms with Gasteiger partial charge in [0, 0.05) is 26.1 Å². The molecule has 0 spiro atoms. The normalized spacial score (nSPS) is 20.7. The molecule has 1 fully saturated rings. The molecule has 0 aliphatic carbocycles. The molecule has 84 valence electrons. The van der Waals surface area contributed by atoms with Crippen LogP contribution in [0.1, 0.15) is 18.7 Å². The van der Waals surface area contributed by atoms with Gasteiger partial charge in [-0.2, -0.15) is 0 Å². The average molecular weight is 212 g/mol. The highest BCUT2D eigenvalue weighted by Gasteiger charge is 2.16. The quantitative estimate of drug-likeness (QED) is 0.723. The maximum absolute atomic E-state index is 5.46. The summed E-state index contributed by atoms with van der Waals surface area (Å²) in [7, 11) is 0. The number of rotatable bonds is 5. The van der Waals surface area contributed by atoms with E-state index < -0.39 is 0 Å². The molecule has 1 saturated heterocycles. The van der Waals surface area contributed by atoms with Gasteiger partial charge in [0.1, 0.15) is 0 Å². The Morgan fingerprint density at radius 1 is 1.47 bits per heavy atom. The van der Waals surface area contributed by atoms with Gasteiger partial charge in [-0.25, -0.2) is 0 Å². The summed E-state index contributed by atoms with van der Waals surface area (Å²) < 4.78 is 10.8. The lowest BCUT2D eigenvalue weighted by atomic mass is 10.2. The molecule has 1 atom stereocenters. The molecule has 2 rings (SSSR count). The molecule has 1 aromatic rings. The zero-order chi connectivity index (χ0) is 10.5. The first-order chi connectivity index (χ1) is 7.38. The predicted octanol–water partition coefficient (Wildman–Crippen LogP) is 0.162. The van der Waals surface area contributed by atoms with E-state index in [1.54, 1.807) is 0 Å². The van der Waals surface area contributed by atoms with Gasteiger partial charge in [0.05, 0.1) is 6.10 Å². The van der Waals surface area contributed by atoms with Gasteiger partial charge in [-0.05, 0) is 12.8 Å². The van der Waals surface area contributed by atoms with Crippen molar-refractivity contribution in [2.75, 3.05) is 25.0 Å². The highest BCUT2D eigenvalue weighted by Crippen LogP contribution is 2.13. The van der Waals surface area contributed by atoms with Crippen molar-refractivity contribution in [2.45, 2.75) is 25.4 Å². The lowest BCUT2D eigenvalue weighted by Gasteiger charge is -2.07. The van der Waals surface area contributed by atoms with Crippen molar-refractivity contribution in [1.29, 1.82) is 0 Å². The van der Waals surface area contributed by atoms with Crippen molar-refractivity contribution in [3.05, 3.63) is 5.89 Å². The van der Waals surface area contributed by atoms with E-state index in [-0.39, 0.29) is 6.10 Å². The van der Waals surface area contributed by atoms with Crippen molar-refractivity contribution in [1.82, 2.24) is 10.2 Å². The van der Waals surface area contributed by atoms with Crippen LogP contribution in [0.2, 0.25) is 0 Å². The van der Waals surface area contributed by atoms with Gasteiger partial charge in [0.15, 0.2) is 0 Å². The molecule has 1 aromatic heterocycles. The molecule has 15 heavy (non-hydrogen) atoms. The van der Waals surface area contributed by atoms with Crippen LogP contribution in [0.3, 0.4) is 0 Å². The number of hydrogen-bond acceptors (Lipinski definition) is 6. The third-order valence-corrected chi connectivity index (χ3v) is 2.33. The molecule has 2 heterocycles. The highest BCUT2D eigenvalue weighted by atomic mass is 16.5. The molecule has 6 heteroatoms. The van der Waals surface area contributed by atoms with Crippen LogP contribution < -0.4 is 11.1 Å². The second-order valence-electron chi connectivity index (χ2n) is 3.56. The standard InChI is InChI=1S/C9H16N4O2/c10-4-3-8-12-13-9(15-8)11-6-7-2-1-5-14-7/h7H,1-6,10H2,(H,11,13). The Morgan fingerprint density at radius 2 is 2.40 bits per heavy atom. The predicted molar refractivity (Wildman–Crippen MR) is 54.5 cm³/mol. The van der Waals surface area contributed by atoms with Gasteiger partial charge >= 0.3 is 6.01 Å². The molecule has 0 bridgehead atoms. The number of anilines is 1. The van der Waals surface area contributed by atoms with Gasteiger partial charge < -0.3 is 20.2 Å². The van der Waals surface area contributed by atoms with Crippen LogP contribution in [0, 0.1) is 0 Å². The molecule has 1 unspecified atom stereocenters. The Morgan fingerprint density at radius 3 is 3.13 bits per heavy atom. The molecule has 0 aromatic carbocycles. The molecular formula is C9H16N4O2. The molecule has 3 N–H and O–H groups in total. The van der Waals surface area contributed by atoms with Crippen molar-refractivity contribution in [3.63, 3.8) is 0 Å². The molecule has 0 amide bonds. The summed E-state index contributed by atoms with van der Waals surface area (Å²) in [4.78, 5) is 0. The van der Waals surface area contributed by atoms with E-state index in [9.17, 15) is 0 Å². The smallest absolute Gasteiger partial charge is 0.315 e. The van der Waals surface area contributed by atoms with Crippen LogP contribution in [0.4, 0.5) is 6.01 Å². The topological polar surface area (TPSA) is 86.2 Å². The SMILES string of the molecule is NCCc1nnc(NCC2CCCO2)o1. The molecule has 6 nitrogen and oxygen atoms in total. The fourth-order valence-electron chi connectivity index (χ4n) is 1.56. The van der Waals surface area contributed by atoms with Crippen LogP contribution in [-0.4, -0.2) is 36.0 Å². The zero-order valence-electron chi connectivity index (χ0n) is 8.61. The Hall–Kier alpha value is -1.14. The molecule has 1 aliphatic heterocycles. The van der Waals surface area contributed by atoms with Crippen LogP contribution in [0.5, 0.6) is 0 Å². The summed E-state index contributed by atoms with van der Waals surface area (Å²) in [5.74, 6) is 0.576. The van der Waals surface area contributed by atoms with Gasteiger partial charge in [-0.3, -0.25) is 0 Å². The second kappa shape index (κ2) is 5.09. The summed E-state index contributed by atoms with van der Waals surface area (Å²) >= 11 is 0. The van der Waals surface area contributed by atoms with Crippen molar-refractivity contribution < 1.29 is 9.15 Å². The number of hydrogen-bond donors (Lipinski definition) is 2. The first-order valence-corrected chi connectivity index (χ1v) is 5.26. The Kier molecular flexibility index (Phi) is 3.52. The Balaban J connectivity index is 1.77. The number of aromatic nitrogens is 2. The second-order valence-corrected chi connectivity index (χ2v) is 3.56. The maximum Gasteiger partial charge on any atom is 0.315 e. The van der Waals surface area contributed by atoms with Crippen molar-refractivity contribution in [2.24, 2.45) is 5.73 Å². The zero-order valence-corrected chi connectivity index (χ0v) is 8.61. The summed E-state index contributed by atoms with van der Waals surface area (Å²) in [6.45, 7) is 2.10. The Labute approximate surface area is 88.2 Å². The van der Waals surface area contributed by atoms with Gasteiger partial charge in [0.25, 0.3) is 0 Å². The third-order valence-electron chi connectivity index (χ3n) is 2.33. The molecule has 0 radical (unpaired) electrons. The van der Waals surface area contributed by atoms with E-state index in [2.05, 4.69) is 15.5 Å². The summed E-state index contributed by atoms with van der Waals surface area (Å²) in [6.07, 6.45) is 3.12. The van der Waals surface area contributed by atoms with Gasteiger partial charge in [-0.15, -0.1) is 5.10 Å². The van der Waals surface area contributed by atoms with E-state index in [1.165, 1.54) is 0 Å². The third kappa shape index (κ3) is 2.90. The summed E-state index contributed by atoms with van der Waals surface area (Å²) in [5.41, 5.74) is 5.38. The minimum Gasteiger partial charge on any atom is -0.408 e. The van der Waals surface area contributed by atoms with Crippen LogP contribution in [0.15, 0.2) is 4.42 Å². The van der Waals surface area contributed by atoms with E-state index in [4.69, 9.17) is 14.9 Å². The van der Waals surface area contributed by atoms with Crippen LogP contribution in [0.25, 0.3) is 0 Å². The first-order valence-electron chi connectivity index (χ1n) is 5.26. The van der Waals surface area contributed by atoms with Crippen LogP contribution >= 0.6 is 0 Å². The lowest BCUT2D eigenvalue weighted by Crippen LogP contribution is -2.18. The monoisotopic (exact) mass is 212 g/mol. The molecule has 1 aliphatic rings. The number of nitrogens with one attached hydrogen (secondary N) is 1. The fourth-order valence-corrected chi connectivity index (χ4v) is 1.56. The van der Waals surface area contributed by atoms with E-state index in [0.717, 1.165) is 26.0 Å². The van der Waals surface area contributed by atoms with E-state index in [1.807, 2.05) is 0 Å². The van der Waals surface area contributed by atoms with E-state index >= 15 is 0 Å². The molecular weight excluding hydrogens is 196 g/mol. The Bertz CT molecular complexity index is 296. The first kappa shape index (κ1) is 10.4. The van der Waals surface area contributed by atoms with Crippen LogP contribution in [-0.2, 0) is 11.2 Å². The minimum absolute atomic E-state index is 0.273. The fraction of sp³-hybridized carbons (Fsp3) is 0.778. The summed E-state index contributed by atoms with van der Waals surface area (Å²) in [5, 5.41) is 10.8. The van der Waals surface area contributed by atoms with Crippen molar-refractivity contribution >= 4 is 6.01 Å². The maximum atomic E-state index is 5.46. The lowest BCUT2D eigenvalue weighted by molar-refractivity contribution is 0.120. The number of nitrogens with zero attached hydrogens (tertiary/aromatic N) is 2. The summed E-state index contributed by atoms with van der Waals surface area (Å²) in [6, 6.07) is 0.453. The number of nitrogens with two attached hydrogens (primary N) is 1. The van der Waals surface area contributed by atoms with E-state index in [0.29, 0.717) is 24.9 Å². The minimum atomic E-state index is 0.273. The largest absolute Gasteiger partial charge is 0.408 e. The van der Waals surface area contributed by atoms with Crippen molar-refractivity contribution in [3.8, 4) is 0 Å². The number of ether oxygens (including phenoxy) is 1. The average Bonchev–Trinajstić information content (AvgIpc) is 2.85. The van der Waals surface area contributed by atoms with Gasteiger partial charge in [0.2, 0.25) is 5.89 Å². The molecule has 0 saturated carbocycles. The highest BCUT2D eigenvalue weighted by molar-refractivity contribution is 5.17. The van der Waals surface area contributed by atoms with Gasteiger partial charge in [-0.1, -0.05) is 5.10 Å².